The number of rotatable bonds is 18. The van der Waals surface area contributed by atoms with Gasteiger partial charge in [0, 0.05) is 4.43 Å². The molecule has 0 radical (unpaired) electrons. The lowest BCUT2D eigenvalue weighted by Crippen LogP contribution is -2.48. The van der Waals surface area contributed by atoms with Gasteiger partial charge in [0.25, 0.3) is 0 Å². The molecule has 0 fully saturated rings. The molecule has 0 aliphatic heterocycles. The van der Waals surface area contributed by atoms with Crippen molar-refractivity contribution < 1.29 is 23.8 Å². The van der Waals surface area contributed by atoms with Crippen molar-refractivity contribution >= 4 is 29.0 Å². The van der Waals surface area contributed by atoms with E-state index >= 15 is 0 Å². The Bertz CT molecular complexity index is 1250. The second-order valence-corrected chi connectivity index (χ2v) is 10.4. The maximum absolute atomic E-state index is 12.2. The van der Waals surface area contributed by atoms with E-state index in [0.717, 1.165) is 22.3 Å². The Balaban J connectivity index is 1.55. The summed E-state index contributed by atoms with van der Waals surface area (Å²) in [5.41, 5.74) is 4.11. The topological polar surface area (TPSA) is 57.2 Å². The first kappa shape index (κ1) is 30.9. The van der Waals surface area contributed by atoms with E-state index in [1.807, 2.05) is 121 Å². The standard InChI is InChI=1S/C34H36INO5/c35-21-32(38-23-28-13-5-1-6-14-28)34(40-25-30-17-9-3-10-18-30)33(39-24-29-15-7-2-8-16-29)22-36(27-37)41-26-31-19-11-4-12-20-31/h1-20,27,32-34H,21-26H2/t32-,33+,34-/m1/s1. The molecule has 0 spiro atoms. The molecule has 4 aromatic carbocycles. The highest BCUT2D eigenvalue weighted by molar-refractivity contribution is 14.1. The van der Waals surface area contributed by atoms with E-state index in [1.165, 1.54) is 5.06 Å². The van der Waals surface area contributed by atoms with Crippen molar-refractivity contribution in [2.45, 2.75) is 44.7 Å². The fourth-order valence-electron chi connectivity index (χ4n) is 4.29. The minimum Gasteiger partial charge on any atom is -0.370 e. The quantitative estimate of drug-likeness (QED) is 0.0509. The summed E-state index contributed by atoms with van der Waals surface area (Å²) in [6.07, 6.45) is -0.624. The number of carbonyl (C=O) groups excluding carboxylic acids is 1. The zero-order valence-corrected chi connectivity index (χ0v) is 25.1. The van der Waals surface area contributed by atoms with Crippen LogP contribution in [0.1, 0.15) is 22.3 Å². The molecule has 41 heavy (non-hydrogen) atoms. The molecule has 3 atom stereocenters. The third-order valence-electron chi connectivity index (χ3n) is 6.50. The van der Waals surface area contributed by atoms with E-state index in [-0.39, 0.29) is 19.3 Å². The number of halogens is 1. The van der Waals surface area contributed by atoms with Crippen molar-refractivity contribution in [1.29, 1.82) is 0 Å². The van der Waals surface area contributed by atoms with Gasteiger partial charge < -0.3 is 14.2 Å². The highest BCUT2D eigenvalue weighted by Crippen LogP contribution is 2.21. The molecule has 4 rings (SSSR count). The normalized spacial score (nSPS) is 13.3. The Morgan fingerprint density at radius 2 is 0.951 bits per heavy atom. The molecule has 6 nitrogen and oxygen atoms in total. The van der Waals surface area contributed by atoms with Gasteiger partial charge in [-0.3, -0.25) is 9.63 Å². The minimum absolute atomic E-state index is 0.171. The second kappa shape index (κ2) is 17.7. The third-order valence-corrected chi connectivity index (χ3v) is 7.37. The van der Waals surface area contributed by atoms with Crippen molar-refractivity contribution in [2.75, 3.05) is 11.0 Å². The monoisotopic (exact) mass is 665 g/mol. The fraction of sp³-hybridized carbons (Fsp3) is 0.265. The van der Waals surface area contributed by atoms with E-state index in [9.17, 15) is 4.79 Å². The molecule has 0 aliphatic carbocycles. The smallest absolute Gasteiger partial charge is 0.233 e. The minimum atomic E-state index is -0.532. The van der Waals surface area contributed by atoms with Gasteiger partial charge in [-0.2, -0.15) is 0 Å². The molecule has 0 N–H and O–H groups in total. The van der Waals surface area contributed by atoms with E-state index in [2.05, 4.69) is 22.6 Å². The van der Waals surface area contributed by atoms with Gasteiger partial charge in [-0.15, -0.1) is 0 Å². The van der Waals surface area contributed by atoms with Crippen LogP contribution in [0.3, 0.4) is 0 Å². The molecule has 0 heterocycles. The van der Waals surface area contributed by atoms with Gasteiger partial charge in [0.15, 0.2) is 0 Å². The van der Waals surface area contributed by atoms with Crippen molar-refractivity contribution in [3.63, 3.8) is 0 Å². The number of nitrogens with zero attached hydrogens (tertiary/aromatic N) is 1. The van der Waals surface area contributed by atoms with Crippen molar-refractivity contribution in [3.05, 3.63) is 144 Å². The van der Waals surface area contributed by atoms with Crippen LogP contribution in [0.15, 0.2) is 121 Å². The molecular formula is C34H36INO5. The van der Waals surface area contributed by atoms with Crippen LogP contribution in [0, 0.1) is 0 Å². The molecule has 0 bridgehead atoms. The van der Waals surface area contributed by atoms with Gasteiger partial charge in [0.05, 0.1) is 32.5 Å². The van der Waals surface area contributed by atoms with Crippen LogP contribution < -0.4 is 0 Å². The average molecular weight is 666 g/mol. The number of hydrogen-bond acceptors (Lipinski definition) is 5. The van der Waals surface area contributed by atoms with E-state index in [0.29, 0.717) is 30.7 Å². The zero-order valence-electron chi connectivity index (χ0n) is 23.0. The molecule has 0 unspecified atom stereocenters. The summed E-state index contributed by atoms with van der Waals surface area (Å²) >= 11 is 2.33. The van der Waals surface area contributed by atoms with Crippen LogP contribution in [0.4, 0.5) is 0 Å². The van der Waals surface area contributed by atoms with Crippen LogP contribution in [0.25, 0.3) is 0 Å². The molecule has 4 aromatic rings. The molecule has 7 heteroatoms. The first-order valence-electron chi connectivity index (χ1n) is 13.7. The SMILES string of the molecule is O=CN(C[C@H](OCc1ccccc1)[C@H](OCc1ccccc1)[C@@H](CI)OCc1ccccc1)OCc1ccccc1. The Kier molecular flexibility index (Phi) is 13.3. The molecule has 0 aromatic heterocycles. The largest absolute Gasteiger partial charge is 0.370 e. The number of ether oxygens (including phenoxy) is 3. The third kappa shape index (κ3) is 10.7. The maximum Gasteiger partial charge on any atom is 0.233 e. The summed E-state index contributed by atoms with van der Waals surface area (Å²) in [6, 6.07) is 39.8. The fourth-order valence-corrected chi connectivity index (χ4v) is 5.05. The lowest BCUT2D eigenvalue weighted by atomic mass is 10.1. The van der Waals surface area contributed by atoms with Crippen molar-refractivity contribution in [1.82, 2.24) is 5.06 Å². The number of amides is 1. The predicted octanol–water partition coefficient (Wildman–Crippen LogP) is 6.77. The van der Waals surface area contributed by atoms with E-state index in [1.54, 1.807) is 0 Å². The summed E-state index contributed by atoms with van der Waals surface area (Å²) in [4.78, 5) is 18.1. The van der Waals surface area contributed by atoms with Gasteiger partial charge in [-0.25, -0.2) is 5.06 Å². The molecule has 0 aliphatic rings. The number of hydrogen-bond donors (Lipinski definition) is 0. The summed E-state index contributed by atoms with van der Waals surface area (Å²) < 4.78 is 20.2. The van der Waals surface area contributed by atoms with Gasteiger partial charge in [-0.1, -0.05) is 144 Å². The van der Waals surface area contributed by atoms with Gasteiger partial charge in [-0.05, 0) is 22.3 Å². The number of benzene rings is 4. The predicted molar refractivity (Wildman–Crippen MR) is 168 cm³/mol. The van der Waals surface area contributed by atoms with Crippen LogP contribution in [-0.4, -0.2) is 40.8 Å². The van der Waals surface area contributed by atoms with Crippen LogP contribution in [-0.2, 0) is 50.3 Å². The van der Waals surface area contributed by atoms with Crippen molar-refractivity contribution in [3.8, 4) is 0 Å². The lowest BCUT2D eigenvalue weighted by molar-refractivity contribution is -0.206. The highest BCUT2D eigenvalue weighted by Gasteiger charge is 2.34. The molecular weight excluding hydrogens is 629 g/mol. The summed E-state index contributed by atoms with van der Waals surface area (Å²) in [6.45, 7) is 1.61. The number of hydroxylamine groups is 2. The lowest BCUT2D eigenvalue weighted by Gasteiger charge is -2.34. The average Bonchev–Trinajstić information content (AvgIpc) is 3.04. The van der Waals surface area contributed by atoms with Crippen LogP contribution in [0.2, 0.25) is 0 Å². The summed E-state index contributed by atoms with van der Waals surface area (Å²) in [5.74, 6) is 0. The first-order valence-corrected chi connectivity index (χ1v) is 15.2. The first-order chi connectivity index (χ1) is 20.2. The van der Waals surface area contributed by atoms with Crippen LogP contribution in [0.5, 0.6) is 0 Å². The summed E-state index contributed by atoms with van der Waals surface area (Å²) in [5, 5.41) is 1.29. The number of carbonyl (C=O) groups is 1. The molecule has 214 valence electrons. The van der Waals surface area contributed by atoms with Crippen LogP contribution >= 0.6 is 22.6 Å². The Morgan fingerprint density at radius 1 is 0.561 bits per heavy atom. The number of alkyl halides is 1. The highest BCUT2D eigenvalue weighted by atomic mass is 127. The Morgan fingerprint density at radius 3 is 1.37 bits per heavy atom. The zero-order chi connectivity index (χ0) is 28.5. The molecule has 0 saturated carbocycles. The second-order valence-electron chi connectivity index (χ2n) is 9.55. The van der Waals surface area contributed by atoms with Gasteiger partial charge in [0.1, 0.15) is 18.8 Å². The van der Waals surface area contributed by atoms with Crippen molar-refractivity contribution in [2.24, 2.45) is 0 Å². The molecule has 0 saturated heterocycles. The van der Waals surface area contributed by atoms with E-state index in [4.69, 9.17) is 19.0 Å². The maximum atomic E-state index is 12.2. The van der Waals surface area contributed by atoms with Gasteiger partial charge in [0.2, 0.25) is 6.41 Å². The van der Waals surface area contributed by atoms with Gasteiger partial charge >= 0.3 is 0 Å². The Labute approximate surface area is 256 Å². The summed E-state index contributed by atoms with van der Waals surface area (Å²) in [7, 11) is 0. The Hall–Kier alpha value is -3.08. The molecule has 1 amide bonds. The van der Waals surface area contributed by atoms with E-state index < -0.39 is 12.2 Å².